The van der Waals surface area contributed by atoms with E-state index < -0.39 is 16.9 Å². The largest absolute Gasteiger partial charge is 0.480 e. The molecule has 8 nitrogen and oxygen atoms in total. The van der Waals surface area contributed by atoms with E-state index in [-0.39, 0.29) is 5.69 Å². The van der Waals surface area contributed by atoms with E-state index in [1.165, 1.54) is 4.68 Å². The van der Waals surface area contributed by atoms with Crippen LogP contribution in [-0.4, -0.2) is 49.9 Å². The lowest BCUT2D eigenvalue weighted by atomic mass is 10.2. The Morgan fingerprint density at radius 1 is 1.65 bits per heavy atom. The molecular weight excluding hydrogens is 284 g/mol. The van der Waals surface area contributed by atoms with Crippen molar-refractivity contribution in [1.82, 2.24) is 9.78 Å². The van der Waals surface area contributed by atoms with Crippen molar-refractivity contribution in [2.75, 3.05) is 23.0 Å². The van der Waals surface area contributed by atoms with Crippen LogP contribution in [0.3, 0.4) is 0 Å². The van der Waals surface area contributed by atoms with Gasteiger partial charge in [0.25, 0.3) is 0 Å². The standard InChI is InChI=1S/C11H16N4O4S/c1-3-14-10(9(15(18)19)7(2)12-14)13-4-5-20-6-8(13)11(16)17/h8H,3-6H2,1-2H3,(H,16,17). The van der Waals surface area contributed by atoms with Gasteiger partial charge < -0.3 is 10.0 Å². The fourth-order valence-corrected chi connectivity index (χ4v) is 3.38. The number of rotatable bonds is 4. The van der Waals surface area contributed by atoms with Crippen LogP contribution >= 0.6 is 11.8 Å². The van der Waals surface area contributed by atoms with Crippen molar-refractivity contribution in [3.05, 3.63) is 15.8 Å². The third-order valence-corrected chi connectivity index (χ3v) is 4.26. The van der Waals surface area contributed by atoms with E-state index in [1.807, 2.05) is 6.92 Å². The van der Waals surface area contributed by atoms with Crippen molar-refractivity contribution >= 4 is 29.2 Å². The number of carboxylic acids is 1. The van der Waals surface area contributed by atoms with Gasteiger partial charge in [-0.25, -0.2) is 9.48 Å². The molecular formula is C11H16N4O4S. The molecule has 1 N–H and O–H groups in total. The lowest BCUT2D eigenvalue weighted by Gasteiger charge is -2.33. The second kappa shape index (κ2) is 5.70. The summed E-state index contributed by atoms with van der Waals surface area (Å²) >= 11 is 1.54. The van der Waals surface area contributed by atoms with E-state index in [4.69, 9.17) is 0 Å². The maximum Gasteiger partial charge on any atom is 0.333 e. The van der Waals surface area contributed by atoms with Crippen LogP contribution in [0.2, 0.25) is 0 Å². The molecule has 0 aromatic carbocycles. The number of carbonyl (C=O) groups is 1. The van der Waals surface area contributed by atoms with Gasteiger partial charge in [0.1, 0.15) is 11.7 Å². The summed E-state index contributed by atoms with van der Waals surface area (Å²) in [7, 11) is 0. The van der Waals surface area contributed by atoms with Gasteiger partial charge in [0, 0.05) is 24.6 Å². The fraction of sp³-hybridized carbons (Fsp3) is 0.636. The molecule has 0 radical (unpaired) electrons. The molecule has 2 heterocycles. The maximum atomic E-state index is 11.4. The van der Waals surface area contributed by atoms with Crippen LogP contribution in [0.1, 0.15) is 12.6 Å². The van der Waals surface area contributed by atoms with Gasteiger partial charge in [-0.3, -0.25) is 10.1 Å². The van der Waals surface area contributed by atoms with E-state index in [9.17, 15) is 20.0 Å². The van der Waals surface area contributed by atoms with Gasteiger partial charge in [-0.2, -0.15) is 16.9 Å². The summed E-state index contributed by atoms with van der Waals surface area (Å²) in [6.07, 6.45) is 0. The van der Waals surface area contributed by atoms with Gasteiger partial charge in [0.05, 0.1) is 4.92 Å². The number of aromatic nitrogens is 2. The molecule has 0 saturated carbocycles. The Kier molecular flexibility index (Phi) is 4.17. The summed E-state index contributed by atoms with van der Waals surface area (Å²) in [5.41, 5.74) is 0.221. The number of hydrogen-bond donors (Lipinski definition) is 1. The van der Waals surface area contributed by atoms with Gasteiger partial charge in [-0.15, -0.1) is 0 Å². The summed E-state index contributed by atoms with van der Waals surface area (Å²) in [5.74, 6) is 0.505. The summed E-state index contributed by atoms with van der Waals surface area (Å²) in [4.78, 5) is 23.8. The van der Waals surface area contributed by atoms with Crippen LogP contribution in [0.25, 0.3) is 0 Å². The maximum absolute atomic E-state index is 11.4. The molecule has 1 atom stereocenters. The summed E-state index contributed by atoms with van der Waals surface area (Å²) in [5, 5.41) is 24.7. The molecule has 2 rings (SSSR count). The number of nitro groups is 1. The highest BCUT2D eigenvalue weighted by molar-refractivity contribution is 7.99. The van der Waals surface area contributed by atoms with Crippen molar-refractivity contribution in [3.63, 3.8) is 0 Å². The lowest BCUT2D eigenvalue weighted by molar-refractivity contribution is -0.384. The molecule has 9 heteroatoms. The van der Waals surface area contributed by atoms with Gasteiger partial charge in [0.2, 0.25) is 5.82 Å². The number of thioether (sulfide) groups is 1. The molecule has 1 fully saturated rings. The molecule has 1 unspecified atom stereocenters. The smallest absolute Gasteiger partial charge is 0.333 e. The highest BCUT2D eigenvalue weighted by atomic mass is 32.2. The Morgan fingerprint density at radius 2 is 2.35 bits per heavy atom. The zero-order valence-corrected chi connectivity index (χ0v) is 12.1. The van der Waals surface area contributed by atoms with Crippen LogP contribution in [0, 0.1) is 17.0 Å². The highest BCUT2D eigenvalue weighted by Crippen LogP contribution is 2.35. The van der Waals surface area contributed by atoms with Crippen molar-refractivity contribution < 1.29 is 14.8 Å². The van der Waals surface area contributed by atoms with Crippen LogP contribution in [0.4, 0.5) is 11.5 Å². The molecule has 1 aliphatic rings. The number of anilines is 1. The zero-order chi connectivity index (χ0) is 14.9. The molecule has 0 bridgehead atoms. The highest BCUT2D eigenvalue weighted by Gasteiger charge is 2.37. The number of nitrogens with zero attached hydrogens (tertiary/aromatic N) is 4. The number of aliphatic carboxylic acids is 1. The predicted molar refractivity (Wildman–Crippen MR) is 75.4 cm³/mol. The molecule has 1 saturated heterocycles. The first-order valence-electron chi connectivity index (χ1n) is 6.26. The average molecular weight is 300 g/mol. The Morgan fingerprint density at radius 3 is 2.90 bits per heavy atom. The summed E-state index contributed by atoms with van der Waals surface area (Å²) in [6.45, 7) is 4.32. The normalized spacial score (nSPS) is 19.1. The Hall–Kier alpha value is -1.77. The molecule has 0 aliphatic carbocycles. The van der Waals surface area contributed by atoms with Gasteiger partial charge >= 0.3 is 11.7 Å². The van der Waals surface area contributed by atoms with Crippen LogP contribution in [-0.2, 0) is 11.3 Å². The Bertz CT molecular complexity index is 545. The first kappa shape index (κ1) is 14.6. The van der Waals surface area contributed by atoms with E-state index in [2.05, 4.69) is 5.10 Å². The lowest BCUT2D eigenvalue weighted by Crippen LogP contribution is -2.48. The fourth-order valence-electron chi connectivity index (χ4n) is 2.34. The minimum atomic E-state index is -0.965. The van der Waals surface area contributed by atoms with Crippen molar-refractivity contribution in [2.45, 2.75) is 26.4 Å². The minimum Gasteiger partial charge on any atom is -0.480 e. The Labute approximate surface area is 119 Å². The van der Waals surface area contributed by atoms with E-state index in [1.54, 1.807) is 23.6 Å². The van der Waals surface area contributed by atoms with E-state index in [0.29, 0.717) is 30.4 Å². The average Bonchev–Trinajstić information content (AvgIpc) is 2.75. The molecule has 1 aromatic heterocycles. The zero-order valence-electron chi connectivity index (χ0n) is 11.3. The van der Waals surface area contributed by atoms with Crippen LogP contribution in [0.15, 0.2) is 0 Å². The molecule has 0 amide bonds. The van der Waals surface area contributed by atoms with E-state index >= 15 is 0 Å². The van der Waals surface area contributed by atoms with Crippen molar-refractivity contribution in [1.29, 1.82) is 0 Å². The number of hydrogen-bond acceptors (Lipinski definition) is 6. The second-order valence-corrected chi connectivity index (χ2v) is 5.60. The second-order valence-electron chi connectivity index (χ2n) is 4.45. The summed E-state index contributed by atoms with van der Waals surface area (Å²) in [6, 6.07) is -0.756. The SMILES string of the molecule is CCn1nc(C)c([N+](=O)[O-])c1N1CCSCC1C(=O)O. The monoisotopic (exact) mass is 300 g/mol. The van der Waals surface area contributed by atoms with Crippen molar-refractivity contribution in [2.24, 2.45) is 0 Å². The van der Waals surface area contributed by atoms with Gasteiger partial charge in [-0.1, -0.05) is 0 Å². The van der Waals surface area contributed by atoms with Gasteiger partial charge in [0.15, 0.2) is 0 Å². The molecule has 0 spiro atoms. The topological polar surface area (TPSA) is 101 Å². The summed E-state index contributed by atoms with van der Waals surface area (Å²) < 4.78 is 1.51. The quantitative estimate of drug-likeness (QED) is 0.656. The first-order chi connectivity index (χ1) is 9.47. The first-order valence-corrected chi connectivity index (χ1v) is 7.41. The van der Waals surface area contributed by atoms with E-state index in [0.717, 1.165) is 5.75 Å². The molecule has 110 valence electrons. The molecule has 1 aliphatic heterocycles. The van der Waals surface area contributed by atoms with Crippen LogP contribution in [0.5, 0.6) is 0 Å². The molecule has 1 aromatic rings. The third-order valence-electron chi connectivity index (χ3n) is 3.24. The van der Waals surface area contributed by atoms with Gasteiger partial charge in [-0.05, 0) is 13.8 Å². The predicted octanol–water partition coefficient (Wildman–Crippen LogP) is 1.13. The minimum absolute atomic E-state index is 0.0926. The Balaban J connectivity index is 2.54. The van der Waals surface area contributed by atoms with Crippen LogP contribution < -0.4 is 4.90 Å². The number of aryl methyl sites for hydroxylation is 2. The van der Waals surface area contributed by atoms with Crippen molar-refractivity contribution in [3.8, 4) is 0 Å². The molecule has 20 heavy (non-hydrogen) atoms. The number of carboxylic acid groups (broad SMARTS) is 1. The third kappa shape index (κ3) is 2.45.